The highest BCUT2D eigenvalue weighted by atomic mass is 32.1. The number of allylic oxidation sites excluding steroid dienone is 1. The predicted octanol–water partition coefficient (Wildman–Crippen LogP) is 2.71. The standard InChI is InChI=1S/C12H17NO2S/c1-13-11(9-5-3-4-7-15-9)12-10(14-2)6-8-16-12/h5-6,8,11,13H,3-4,7H2,1-2H3. The van der Waals surface area contributed by atoms with E-state index in [1.807, 2.05) is 18.5 Å². The minimum Gasteiger partial charge on any atom is -0.496 e. The van der Waals surface area contributed by atoms with Crippen LogP contribution in [0.4, 0.5) is 0 Å². The van der Waals surface area contributed by atoms with Gasteiger partial charge in [-0.05, 0) is 37.4 Å². The summed E-state index contributed by atoms with van der Waals surface area (Å²) in [7, 11) is 3.65. The number of nitrogens with one attached hydrogen (secondary N) is 1. The number of hydrogen-bond acceptors (Lipinski definition) is 4. The van der Waals surface area contributed by atoms with E-state index >= 15 is 0 Å². The minimum absolute atomic E-state index is 0.121. The number of methoxy groups -OCH3 is 1. The highest BCUT2D eigenvalue weighted by Crippen LogP contribution is 2.35. The van der Waals surface area contributed by atoms with Crippen LogP contribution in [0.2, 0.25) is 0 Å². The first-order valence-electron chi connectivity index (χ1n) is 5.48. The van der Waals surface area contributed by atoms with Crippen LogP contribution in [0, 0.1) is 0 Å². The van der Waals surface area contributed by atoms with Crippen molar-refractivity contribution >= 4 is 11.3 Å². The summed E-state index contributed by atoms with van der Waals surface area (Å²) in [6.45, 7) is 0.817. The largest absolute Gasteiger partial charge is 0.496 e. The van der Waals surface area contributed by atoms with E-state index in [2.05, 4.69) is 11.4 Å². The Morgan fingerprint density at radius 2 is 2.44 bits per heavy atom. The summed E-state index contributed by atoms with van der Waals surface area (Å²) in [6, 6.07) is 2.11. The number of thiophene rings is 1. The lowest BCUT2D eigenvalue weighted by Gasteiger charge is -2.23. The average Bonchev–Trinajstić information content (AvgIpc) is 2.80. The molecule has 0 saturated heterocycles. The second kappa shape index (κ2) is 5.37. The molecule has 0 bridgehead atoms. The predicted molar refractivity (Wildman–Crippen MR) is 65.9 cm³/mol. The molecule has 16 heavy (non-hydrogen) atoms. The molecule has 88 valence electrons. The van der Waals surface area contributed by atoms with Crippen molar-refractivity contribution in [2.45, 2.75) is 18.9 Å². The lowest BCUT2D eigenvalue weighted by Crippen LogP contribution is -2.21. The fraction of sp³-hybridized carbons (Fsp3) is 0.500. The van der Waals surface area contributed by atoms with Crippen LogP contribution in [0.25, 0.3) is 0 Å². The van der Waals surface area contributed by atoms with Crippen molar-refractivity contribution in [3.05, 3.63) is 28.2 Å². The first-order chi connectivity index (χ1) is 7.86. The molecule has 1 aliphatic heterocycles. The van der Waals surface area contributed by atoms with Crippen LogP contribution in [0.15, 0.2) is 23.3 Å². The van der Waals surface area contributed by atoms with Crippen molar-refractivity contribution in [1.29, 1.82) is 0 Å². The molecule has 4 heteroatoms. The van der Waals surface area contributed by atoms with Crippen LogP contribution < -0.4 is 10.1 Å². The molecule has 1 aromatic heterocycles. The molecule has 1 N–H and O–H groups in total. The smallest absolute Gasteiger partial charge is 0.134 e. The normalized spacial score (nSPS) is 17.5. The van der Waals surface area contributed by atoms with Crippen molar-refractivity contribution in [2.75, 3.05) is 20.8 Å². The molecule has 0 fully saturated rings. The Balaban J connectivity index is 2.24. The van der Waals surface area contributed by atoms with Gasteiger partial charge >= 0.3 is 0 Å². The maximum atomic E-state index is 5.70. The molecule has 0 radical (unpaired) electrons. The van der Waals surface area contributed by atoms with Gasteiger partial charge in [-0.15, -0.1) is 11.3 Å². The summed E-state index contributed by atoms with van der Waals surface area (Å²) in [5, 5.41) is 5.33. The van der Waals surface area contributed by atoms with Crippen molar-refractivity contribution in [1.82, 2.24) is 5.32 Å². The summed E-state index contributed by atoms with van der Waals surface area (Å²) < 4.78 is 11.1. The molecule has 2 rings (SSSR count). The molecular formula is C12H17NO2S. The highest BCUT2D eigenvalue weighted by Gasteiger charge is 2.22. The van der Waals surface area contributed by atoms with Crippen molar-refractivity contribution < 1.29 is 9.47 Å². The third-order valence-electron chi connectivity index (χ3n) is 2.68. The zero-order chi connectivity index (χ0) is 11.4. The zero-order valence-electron chi connectivity index (χ0n) is 9.66. The third kappa shape index (κ3) is 2.23. The van der Waals surface area contributed by atoms with E-state index in [1.54, 1.807) is 18.4 Å². The topological polar surface area (TPSA) is 30.5 Å². The molecule has 1 unspecified atom stereocenters. The first-order valence-corrected chi connectivity index (χ1v) is 6.36. The van der Waals surface area contributed by atoms with Gasteiger partial charge in [0.25, 0.3) is 0 Å². The van der Waals surface area contributed by atoms with E-state index < -0.39 is 0 Å². The monoisotopic (exact) mass is 239 g/mol. The van der Waals surface area contributed by atoms with Gasteiger partial charge < -0.3 is 14.8 Å². The molecule has 0 amide bonds. The Hall–Kier alpha value is -1.00. The molecule has 1 aliphatic rings. The van der Waals surface area contributed by atoms with Gasteiger partial charge in [0.15, 0.2) is 0 Å². The fourth-order valence-electron chi connectivity index (χ4n) is 1.87. The third-order valence-corrected chi connectivity index (χ3v) is 3.64. The van der Waals surface area contributed by atoms with Gasteiger partial charge in [-0.3, -0.25) is 0 Å². The van der Waals surface area contributed by atoms with Crippen molar-refractivity contribution in [3.63, 3.8) is 0 Å². The van der Waals surface area contributed by atoms with Gasteiger partial charge in [0, 0.05) is 0 Å². The highest BCUT2D eigenvalue weighted by molar-refractivity contribution is 7.10. The Morgan fingerprint density at radius 1 is 1.56 bits per heavy atom. The zero-order valence-corrected chi connectivity index (χ0v) is 10.5. The van der Waals surface area contributed by atoms with E-state index in [1.165, 1.54) is 4.88 Å². The minimum atomic E-state index is 0.121. The van der Waals surface area contributed by atoms with Crippen LogP contribution in [-0.2, 0) is 4.74 Å². The molecule has 0 aliphatic carbocycles. The van der Waals surface area contributed by atoms with Gasteiger partial charge in [-0.1, -0.05) is 0 Å². The number of likely N-dealkylation sites (N-methyl/N-ethyl adjacent to an activating group) is 1. The van der Waals surface area contributed by atoms with Crippen LogP contribution in [0.3, 0.4) is 0 Å². The molecule has 0 aromatic carbocycles. The summed E-state index contributed by atoms with van der Waals surface area (Å²) in [6.07, 6.45) is 4.38. The van der Waals surface area contributed by atoms with Crippen LogP contribution >= 0.6 is 11.3 Å². The summed E-state index contributed by atoms with van der Waals surface area (Å²) in [4.78, 5) is 1.18. The second-order valence-electron chi connectivity index (χ2n) is 3.67. The molecule has 3 nitrogen and oxygen atoms in total. The summed E-state index contributed by atoms with van der Waals surface area (Å²) >= 11 is 1.69. The van der Waals surface area contributed by atoms with Gasteiger partial charge in [0.2, 0.25) is 0 Å². The maximum Gasteiger partial charge on any atom is 0.134 e. The maximum absolute atomic E-state index is 5.70. The SMILES string of the molecule is CNC(C1=CCCCO1)c1sccc1OC. The van der Waals surface area contributed by atoms with E-state index in [-0.39, 0.29) is 6.04 Å². The lowest BCUT2D eigenvalue weighted by atomic mass is 10.1. The molecular weight excluding hydrogens is 222 g/mol. The number of hydrogen-bond donors (Lipinski definition) is 1. The number of ether oxygens (including phenoxy) is 2. The Labute approximate surface area is 100 Å². The Kier molecular flexibility index (Phi) is 3.85. The summed E-state index contributed by atoms with van der Waals surface area (Å²) in [5.41, 5.74) is 0. The molecule has 0 spiro atoms. The van der Waals surface area contributed by atoms with Crippen LogP contribution in [0.5, 0.6) is 5.75 Å². The fourth-order valence-corrected chi connectivity index (χ4v) is 2.84. The molecule has 1 atom stereocenters. The molecule has 1 aromatic rings. The van der Waals surface area contributed by atoms with Crippen LogP contribution in [0.1, 0.15) is 23.8 Å². The number of rotatable bonds is 4. The van der Waals surface area contributed by atoms with E-state index in [0.29, 0.717) is 0 Å². The van der Waals surface area contributed by atoms with E-state index in [0.717, 1.165) is 31.0 Å². The van der Waals surface area contributed by atoms with E-state index in [4.69, 9.17) is 9.47 Å². The molecule has 0 saturated carbocycles. The average molecular weight is 239 g/mol. The second-order valence-corrected chi connectivity index (χ2v) is 4.62. The van der Waals surface area contributed by atoms with Crippen LogP contribution in [-0.4, -0.2) is 20.8 Å². The summed E-state index contributed by atoms with van der Waals surface area (Å²) in [5.74, 6) is 1.95. The van der Waals surface area contributed by atoms with Gasteiger partial charge in [-0.25, -0.2) is 0 Å². The van der Waals surface area contributed by atoms with Gasteiger partial charge in [0.1, 0.15) is 17.6 Å². The quantitative estimate of drug-likeness (QED) is 0.876. The Morgan fingerprint density at radius 3 is 3.06 bits per heavy atom. The van der Waals surface area contributed by atoms with E-state index in [9.17, 15) is 0 Å². The molecule has 2 heterocycles. The Bertz CT molecular complexity index is 373. The lowest BCUT2D eigenvalue weighted by molar-refractivity contribution is 0.169. The van der Waals surface area contributed by atoms with Gasteiger partial charge in [-0.2, -0.15) is 0 Å². The first kappa shape index (κ1) is 11.5. The van der Waals surface area contributed by atoms with Crippen molar-refractivity contribution in [3.8, 4) is 5.75 Å². The van der Waals surface area contributed by atoms with Gasteiger partial charge in [0.05, 0.1) is 18.6 Å². The van der Waals surface area contributed by atoms with Crippen molar-refractivity contribution in [2.24, 2.45) is 0 Å².